The molecule has 4 heterocycles. The number of cyclic esters (lactones) is 1. The molecule has 3 saturated heterocycles. The maximum atomic E-state index is 14.6. The molecule has 3 aromatic rings. The number of rotatable bonds is 22. The number of ether oxygens (including phenoxy) is 5. The first kappa shape index (κ1) is 66.7. The van der Waals surface area contributed by atoms with Gasteiger partial charge >= 0.3 is 196 Å². The number of aromatic nitrogens is 1. The minimum atomic E-state index is -2.32. The van der Waals surface area contributed by atoms with Crippen LogP contribution in [0.3, 0.4) is 0 Å². The molecule has 6 rings (SSSR count). The van der Waals surface area contributed by atoms with E-state index in [-0.39, 0.29) is 49.7 Å². The molecule has 16 atom stereocenters. The molecule has 15 heteroatoms. The first-order chi connectivity index (χ1) is 38.5. The minimum absolute atomic E-state index is 0.00955. The SMILES string of the molecule is CC[C@H]1OC(=O)[C@H](C)[C@@H](C2C[C@@](C)(OC)[C@@H](O)[C@H](C)O2)C[C@@H](O[C@@H]2O[C@H](C)C[C@H](N(C)C)[C@H]2O)[C@](C)(O)C[C@@H](C)CN(C(=O)CCCCCCCCCCCC[PH](c2ccccc2)(c2ccccc2)c2ccccn2)[C@H](C)C[C@]1(C)O. The van der Waals surface area contributed by atoms with Crippen LogP contribution in [0.4, 0.5) is 0 Å². The summed E-state index contributed by atoms with van der Waals surface area (Å²) in [5, 5.41) is 51.1. The van der Waals surface area contributed by atoms with Crippen LogP contribution in [0.5, 0.6) is 0 Å². The monoisotopic (exact) mass is 1150 g/mol. The van der Waals surface area contributed by atoms with Crippen molar-refractivity contribution >= 4 is 35.2 Å². The number of unbranched alkanes of at least 4 members (excludes halogenated alkanes) is 9. The number of carbonyl (C=O) groups excluding carboxylic acids is 2. The molecule has 456 valence electrons. The number of aliphatic hydroxyl groups excluding tert-OH is 2. The van der Waals surface area contributed by atoms with Crippen LogP contribution in [0.25, 0.3) is 0 Å². The second-order valence-corrected chi connectivity index (χ2v) is 29.8. The number of pyridine rings is 1. The molecule has 1 amide bonds. The van der Waals surface area contributed by atoms with Gasteiger partial charge in [0.25, 0.3) is 0 Å². The maximum absolute atomic E-state index is 14.6. The molecule has 0 aliphatic carbocycles. The summed E-state index contributed by atoms with van der Waals surface area (Å²) < 4.78 is 32.0. The van der Waals surface area contributed by atoms with Crippen LogP contribution < -0.4 is 16.0 Å². The normalized spacial score (nSPS) is 34.3. The van der Waals surface area contributed by atoms with Gasteiger partial charge in [0.1, 0.15) is 23.9 Å². The quantitative estimate of drug-likeness (QED) is 0.0425. The number of nitrogens with zero attached hydrogens (tertiary/aromatic N) is 3. The van der Waals surface area contributed by atoms with Crippen LogP contribution in [0, 0.1) is 17.8 Å². The fraction of sp³-hybridized carbons (Fsp3) is 0.712. The van der Waals surface area contributed by atoms with E-state index in [4.69, 9.17) is 28.7 Å². The Morgan fingerprint density at radius 2 is 1.35 bits per heavy atom. The van der Waals surface area contributed by atoms with Crippen molar-refractivity contribution in [3.63, 3.8) is 0 Å². The van der Waals surface area contributed by atoms with Crippen LogP contribution in [0.1, 0.15) is 171 Å². The zero-order valence-corrected chi connectivity index (χ0v) is 52.5. The van der Waals surface area contributed by atoms with Gasteiger partial charge in [0.2, 0.25) is 5.91 Å². The summed E-state index contributed by atoms with van der Waals surface area (Å²) in [5.74, 6) is -2.29. The van der Waals surface area contributed by atoms with Gasteiger partial charge in [-0.25, -0.2) is 0 Å². The molecule has 1 aromatic heterocycles. The molecule has 0 radical (unpaired) electrons. The Labute approximate surface area is 487 Å². The maximum Gasteiger partial charge on any atom is 0.101 e. The first-order valence-electron chi connectivity index (χ1n) is 31.0. The number of carbonyl (C=O) groups is 2. The van der Waals surface area contributed by atoms with Gasteiger partial charge in [0, 0.05) is 38.1 Å². The Balaban J connectivity index is 1.10. The summed E-state index contributed by atoms with van der Waals surface area (Å²) in [6.45, 7) is 16.9. The van der Waals surface area contributed by atoms with Crippen LogP contribution in [0.15, 0.2) is 85.1 Å². The third-order valence-electron chi connectivity index (χ3n) is 18.8. The molecule has 0 spiro atoms. The number of likely N-dealkylation sites (N-methyl/N-ethyl adjacent to an activating group) is 1. The largest absolute Gasteiger partial charge is 0.386 e. The van der Waals surface area contributed by atoms with Crippen molar-refractivity contribution < 1.29 is 53.7 Å². The minimum Gasteiger partial charge on any atom is -0.386 e. The topological polar surface area (TPSA) is 181 Å². The Kier molecular flexibility index (Phi) is 25.2. The van der Waals surface area contributed by atoms with Crippen LogP contribution in [-0.4, -0.2) is 159 Å². The average Bonchev–Trinajstić information content (AvgIpc) is 3.51. The molecular formula is C66H106N3O11P. The smallest absolute Gasteiger partial charge is 0.101 e. The van der Waals surface area contributed by atoms with E-state index in [0.29, 0.717) is 25.8 Å². The van der Waals surface area contributed by atoms with E-state index in [1.165, 1.54) is 48.1 Å². The fourth-order valence-corrected chi connectivity index (χ4v) is 18.6. The molecule has 14 nitrogen and oxygen atoms in total. The van der Waals surface area contributed by atoms with Gasteiger partial charge in [-0.3, -0.25) is 9.59 Å². The van der Waals surface area contributed by atoms with Crippen molar-refractivity contribution in [2.75, 3.05) is 33.9 Å². The van der Waals surface area contributed by atoms with E-state index in [1.807, 2.05) is 70.8 Å². The average molecular weight is 1150 g/mol. The van der Waals surface area contributed by atoms with E-state index in [1.54, 1.807) is 34.8 Å². The molecule has 3 aliphatic rings. The number of aliphatic hydroxyl groups is 4. The number of amides is 1. The van der Waals surface area contributed by atoms with E-state index >= 15 is 0 Å². The zero-order valence-electron chi connectivity index (χ0n) is 51.5. The van der Waals surface area contributed by atoms with Gasteiger partial charge in [-0.15, -0.1) is 0 Å². The molecule has 3 aliphatic heterocycles. The number of esters is 1. The van der Waals surface area contributed by atoms with Gasteiger partial charge < -0.3 is 53.9 Å². The predicted octanol–water partition coefficient (Wildman–Crippen LogP) is 9.27. The van der Waals surface area contributed by atoms with Gasteiger partial charge in [-0.1, -0.05) is 20.8 Å². The molecule has 0 saturated carbocycles. The summed E-state index contributed by atoms with van der Waals surface area (Å²) in [5.41, 5.74) is -2.85. The first-order valence-corrected chi connectivity index (χ1v) is 33.2. The Hall–Kier alpha value is -3.40. The van der Waals surface area contributed by atoms with Crippen LogP contribution >= 0.6 is 7.26 Å². The molecule has 1 unspecified atom stereocenters. The summed E-state index contributed by atoms with van der Waals surface area (Å²) in [7, 11) is 3.05. The molecule has 2 aromatic carbocycles. The third-order valence-corrected chi connectivity index (χ3v) is 23.7. The van der Waals surface area contributed by atoms with Crippen LogP contribution in [-0.2, 0) is 33.3 Å². The summed E-state index contributed by atoms with van der Waals surface area (Å²) in [6.07, 6.45) is 9.45. The third kappa shape index (κ3) is 17.4. The number of hydrogen-bond acceptors (Lipinski definition) is 13. The molecule has 81 heavy (non-hydrogen) atoms. The molecule has 4 N–H and O–H groups in total. The second-order valence-electron chi connectivity index (χ2n) is 25.8. The summed E-state index contributed by atoms with van der Waals surface area (Å²) in [6, 6.07) is 27.8. The Bertz CT molecular complexity index is 2230. The van der Waals surface area contributed by atoms with E-state index in [2.05, 4.69) is 72.8 Å². The van der Waals surface area contributed by atoms with Gasteiger partial charge in [0.05, 0.1) is 41.5 Å². The van der Waals surface area contributed by atoms with Gasteiger partial charge in [-0.05, 0) is 93.7 Å². The number of methoxy groups -OCH3 is 1. The predicted molar refractivity (Wildman–Crippen MR) is 326 cm³/mol. The molecule has 3 fully saturated rings. The summed E-state index contributed by atoms with van der Waals surface area (Å²) in [4.78, 5) is 38.0. The van der Waals surface area contributed by atoms with Crippen molar-refractivity contribution in [3.05, 3.63) is 85.1 Å². The van der Waals surface area contributed by atoms with Gasteiger partial charge in [0.15, 0.2) is 6.29 Å². The second kappa shape index (κ2) is 30.6. The van der Waals surface area contributed by atoms with Crippen molar-refractivity contribution in [2.24, 2.45) is 17.8 Å². The zero-order chi connectivity index (χ0) is 59.1. The van der Waals surface area contributed by atoms with Crippen molar-refractivity contribution in [2.45, 2.75) is 249 Å². The molecular weight excluding hydrogens is 1040 g/mol. The number of benzene rings is 2. The van der Waals surface area contributed by atoms with Crippen molar-refractivity contribution in [1.82, 2.24) is 14.8 Å². The van der Waals surface area contributed by atoms with E-state index in [9.17, 15) is 30.0 Å². The molecule has 0 bridgehead atoms. The summed E-state index contributed by atoms with van der Waals surface area (Å²) >= 11 is 0. The fourth-order valence-electron chi connectivity index (χ4n) is 13.9. The Morgan fingerprint density at radius 1 is 0.765 bits per heavy atom. The van der Waals surface area contributed by atoms with Crippen molar-refractivity contribution in [1.29, 1.82) is 0 Å². The standard InChI is InChI=1S/C66H106N3O11P/c1-13-56-65(8,75)43-47(3)69(59(70)37-28-20-18-16-14-15-17-19-21-31-39-81(51-32-24-22-25-33-51,52-34-26-23-27-35-52)58-36-29-30-38-67-58)45-46(2)42-64(7,74)57(80-63-60(71)54(68(10)11)40-48(4)77-63)41-53(49(5)62(73)79-56)55-44-66(9,76-12)61(72)50(6)78-55/h22-27,29-30,32-36,38,46-50,53-57,60-61,63,71-72,74-75,81H,13-21,28,31,37,39-45H2,1-12H3/t46-,47-,48-,49-,50+,53+,54+,55?,56-,57-,60-,61+,63+,64-,65+,66-/m1/s1. The van der Waals surface area contributed by atoms with E-state index in [0.717, 1.165) is 38.3 Å². The van der Waals surface area contributed by atoms with Crippen molar-refractivity contribution in [3.8, 4) is 0 Å². The Morgan fingerprint density at radius 3 is 1.90 bits per heavy atom. The van der Waals surface area contributed by atoms with Gasteiger partial charge in [-0.2, -0.15) is 0 Å². The van der Waals surface area contributed by atoms with E-state index < -0.39 is 90.8 Å². The van der Waals surface area contributed by atoms with Crippen LogP contribution in [0.2, 0.25) is 0 Å². The number of hydrogen-bond donors (Lipinski definition) is 4.